The Morgan fingerprint density at radius 2 is 1.74 bits per heavy atom. The summed E-state index contributed by atoms with van der Waals surface area (Å²) in [6.07, 6.45) is 3.98. The molecule has 0 aliphatic rings. The van der Waals surface area contributed by atoms with Crippen molar-refractivity contribution in [1.82, 2.24) is 0 Å². The molecule has 0 aromatic heterocycles. The molecule has 0 heterocycles. The van der Waals surface area contributed by atoms with Crippen molar-refractivity contribution in [2.75, 3.05) is 6.61 Å². The van der Waals surface area contributed by atoms with E-state index in [1.807, 2.05) is 54.6 Å². The Hall–Kier alpha value is -2.35. The van der Waals surface area contributed by atoms with Gasteiger partial charge in [0.25, 0.3) is 0 Å². The average Bonchev–Trinajstić information content (AvgIpc) is 2.45. The molecule has 19 heavy (non-hydrogen) atoms. The molecule has 0 bridgehead atoms. The van der Waals surface area contributed by atoms with Gasteiger partial charge in [-0.15, -0.1) is 0 Å². The summed E-state index contributed by atoms with van der Waals surface area (Å²) in [6, 6.07) is 17.3. The predicted octanol–water partition coefficient (Wildman–Crippen LogP) is 3.98. The summed E-state index contributed by atoms with van der Waals surface area (Å²) >= 11 is 0. The summed E-state index contributed by atoms with van der Waals surface area (Å²) in [5.74, 6) is 0.832. The van der Waals surface area contributed by atoms with Gasteiger partial charge in [0.05, 0.1) is 0 Å². The van der Waals surface area contributed by atoms with E-state index in [-0.39, 0.29) is 5.78 Å². The lowest BCUT2D eigenvalue weighted by Gasteiger charge is -2.03. The lowest BCUT2D eigenvalue weighted by Crippen LogP contribution is -1.95. The standard InChI is InChI=1S/C17H16O2/c1-14(18)16-9-11-17(12-10-16)19-13-5-8-15-6-3-2-4-7-15/h2-12H,13H2,1H3/b8-5+. The normalized spacial score (nSPS) is 10.6. The molecule has 0 atom stereocenters. The van der Waals surface area contributed by atoms with Crippen molar-refractivity contribution >= 4 is 11.9 Å². The third-order valence-electron chi connectivity index (χ3n) is 2.72. The van der Waals surface area contributed by atoms with Crippen LogP contribution in [-0.2, 0) is 0 Å². The number of hydrogen-bond donors (Lipinski definition) is 0. The van der Waals surface area contributed by atoms with Gasteiger partial charge in [-0.05, 0) is 42.8 Å². The number of carbonyl (C=O) groups is 1. The van der Waals surface area contributed by atoms with Gasteiger partial charge in [0.2, 0.25) is 0 Å². The lowest BCUT2D eigenvalue weighted by molar-refractivity contribution is 0.101. The summed E-state index contributed by atoms with van der Waals surface area (Å²) in [4.78, 5) is 11.1. The molecule has 2 aromatic carbocycles. The molecule has 0 saturated carbocycles. The van der Waals surface area contributed by atoms with Crippen LogP contribution in [0.5, 0.6) is 5.75 Å². The van der Waals surface area contributed by atoms with Gasteiger partial charge in [0.1, 0.15) is 12.4 Å². The number of Topliss-reactive ketones (excluding diaryl/α,β-unsaturated/α-hetero) is 1. The Labute approximate surface area is 113 Å². The highest BCUT2D eigenvalue weighted by Gasteiger charge is 1.98. The van der Waals surface area contributed by atoms with E-state index in [1.54, 1.807) is 19.1 Å². The highest BCUT2D eigenvalue weighted by molar-refractivity contribution is 5.94. The zero-order chi connectivity index (χ0) is 13.5. The number of hydrogen-bond acceptors (Lipinski definition) is 2. The Morgan fingerprint density at radius 3 is 2.37 bits per heavy atom. The molecule has 2 aromatic rings. The first kappa shape index (κ1) is 13.1. The minimum Gasteiger partial charge on any atom is -0.490 e. The predicted molar refractivity (Wildman–Crippen MR) is 77.4 cm³/mol. The van der Waals surface area contributed by atoms with Crippen LogP contribution in [0.2, 0.25) is 0 Å². The minimum absolute atomic E-state index is 0.0653. The number of carbonyl (C=O) groups excluding carboxylic acids is 1. The maximum absolute atomic E-state index is 11.1. The van der Waals surface area contributed by atoms with Gasteiger partial charge in [-0.3, -0.25) is 4.79 Å². The van der Waals surface area contributed by atoms with Crippen LogP contribution in [-0.4, -0.2) is 12.4 Å². The molecule has 0 fully saturated rings. The van der Waals surface area contributed by atoms with Gasteiger partial charge in [-0.1, -0.05) is 36.4 Å². The van der Waals surface area contributed by atoms with E-state index in [0.29, 0.717) is 12.2 Å². The number of ether oxygens (including phenoxy) is 1. The van der Waals surface area contributed by atoms with E-state index in [1.165, 1.54) is 0 Å². The SMILES string of the molecule is CC(=O)c1ccc(OC/C=C/c2ccccc2)cc1. The highest BCUT2D eigenvalue weighted by Crippen LogP contribution is 2.12. The molecule has 0 N–H and O–H groups in total. The smallest absolute Gasteiger partial charge is 0.159 e. The van der Waals surface area contributed by atoms with Gasteiger partial charge in [-0.2, -0.15) is 0 Å². The van der Waals surface area contributed by atoms with Crippen molar-refractivity contribution in [2.45, 2.75) is 6.92 Å². The van der Waals surface area contributed by atoms with Crippen LogP contribution >= 0.6 is 0 Å². The number of rotatable bonds is 5. The van der Waals surface area contributed by atoms with E-state index in [2.05, 4.69) is 0 Å². The molecule has 0 amide bonds. The lowest BCUT2D eigenvalue weighted by atomic mass is 10.1. The van der Waals surface area contributed by atoms with Crippen LogP contribution in [0.3, 0.4) is 0 Å². The first-order chi connectivity index (χ1) is 9.25. The fourth-order valence-electron chi connectivity index (χ4n) is 1.68. The van der Waals surface area contributed by atoms with Crippen molar-refractivity contribution in [3.05, 3.63) is 71.8 Å². The van der Waals surface area contributed by atoms with Gasteiger partial charge < -0.3 is 4.74 Å². The molecular weight excluding hydrogens is 236 g/mol. The zero-order valence-corrected chi connectivity index (χ0v) is 10.9. The molecule has 96 valence electrons. The first-order valence-corrected chi connectivity index (χ1v) is 6.21. The Balaban J connectivity index is 1.86. The first-order valence-electron chi connectivity index (χ1n) is 6.21. The van der Waals surface area contributed by atoms with E-state index in [0.717, 1.165) is 11.3 Å². The molecule has 0 saturated heterocycles. The molecule has 0 radical (unpaired) electrons. The molecule has 0 unspecified atom stereocenters. The van der Waals surface area contributed by atoms with E-state index in [4.69, 9.17) is 4.74 Å². The van der Waals surface area contributed by atoms with Crippen LogP contribution in [0.25, 0.3) is 6.08 Å². The van der Waals surface area contributed by atoms with Crippen molar-refractivity contribution in [1.29, 1.82) is 0 Å². The minimum atomic E-state index is 0.0653. The summed E-state index contributed by atoms with van der Waals surface area (Å²) < 4.78 is 5.56. The molecule has 0 aliphatic carbocycles. The van der Waals surface area contributed by atoms with E-state index in [9.17, 15) is 4.79 Å². The third kappa shape index (κ3) is 4.11. The Bertz CT molecular complexity index is 554. The summed E-state index contributed by atoms with van der Waals surface area (Å²) in [5, 5.41) is 0. The van der Waals surface area contributed by atoms with Gasteiger partial charge in [0.15, 0.2) is 5.78 Å². The van der Waals surface area contributed by atoms with Crippen LogP contribution in [0.4, 0.5) is 0 Å². The van der Waals surface area contributed by atoms with Crippen LogP contribution in [0.1, 0.15) is 22.8 Å². The van der Waals surface area contributed by atoms with Crippen LogP contribution < -0.4 is 4.74 Å². The summed E-state index contributed by atoms with van der Waals surface area (Å²) in [6.45, 7) is 2.06. The number of ketones is 1. The molecule has 2 nitrogen and oxygen atoms in total. The van der Waals surface area contributed by atoms with E-state index >= 15 is 0 Å². The monoisotopic (exact) mass is 252 g/mol. The summed E-state index contributed by atoms with van der Waals surface area (Å²) in [5.41, 5.74) is 1.85. The topological polar surface area (TPSA) is 26.3 Å². The van der Waals surface area contributed by atoms with Gasteiger partial charge >= 0.3 is 0 Å². The summed E-state index contributed by atoms with van der Waals surface area (Å²) in [7, 11) is 0. The van der Waals surface area contributed by atoms with E-state index < -0.39 is 0 Å². The second-order valence-corrected chi connectivity index (χ2v) is 4.20. The van der Waals surface area contributed by atoms with Crippen molar-refractivity contribution in [3.63, 3.8) is 0 Å². The van der Waals surface area contributed by atoms with Crippen LogP contribution in [0.15, 0.2) is 60.7 Å². The van der Waals surface area contributed by atoms with Crippen LogP contribution in [0, 0.1) is 0 Å². The molecular formula is C17H16O2. The van der Waals surface area contributed by atoms with Crippen molar-refractivity contribution in [2.24, 2.45) is 0 Å². The Kier molecular flexibility index (Phi) is 4.51. The average molecular weight is 252 g/mol. The molecule has 2 heteroatoms. The highest BCUT2D eigenvalue weighted by atomic mass is 16.5. The van der Waals surface area contributed by atoms with Gasteiger partial charge in [0, 0.05) is 5.56 Å². The maximum atomic E-state index is 11.1. The zero-order valence-electron chi connectivity index (χ0n) is 10.9. The van der Waals surface area contributed by atoms with Gasteiger partial charge in [-0.25, -0.2) is 0 Å². The fourth-order valence-corrected chi connectivity index (χ4v) is 1.68. The molecule has 0 aliphatic heterocycles. The second-order valence-electron chi connectivity index (χ2n) is 4.20. The maximum Gasteiger partial charge on any atom is 0.159 e. The molecule has 0 spiro atoms. The second kappa shape index (κ2) is 6.55. The molecule has 2 rings (SSSR count). The number of benzene rings is 2. The Morgan fingerprint density at radius 1 is 1.05 bits per heavy atom. The quantitative estimate of drug-likeness (QED) is 0.752. The third-order valence-corrected chi connectivity index (χ3v) is 2.72. The largest absolute Gasteiger partial charge is 0.490 e. The fraction of sp³-hybridized carbons (Fsp3) is 0.118. The van der Waals surface area contributed by atoms with Crippen molar-refractivity contribution in [3.8, 4) is 5.75 Å². The van der Waals surface area contributed by atoms with Crippen molar-refractivity contribution < 1.29 is 9.53 Å².